The van der Waals surface area contributed by atoms with Gasteiger partial charge < -0.3 is 19.5 Å². The van der Waals surface area contributed by atoms with E-state index in [4.69, 9.17) is 4.74 Å². The maximum atomic E-state index is 13.3. The lowest BCUT2D eigenvalue weighted by Gasteiger charge is -2.27. The van der Waals surface area contributed by atoms with Gasteiger partial charge in [0.2, 0.25) is 0 Å². The largest absolute Gasteiger partial charge is 0.378 e. The fourth-order valence-corrected chi connectivity index (χ4v) is 2.69. The van der Waals surface area contributed by atoms with Gasteiger partial charge in [0.15, 0.2) is 0 Å². The van der Waals surface area contributed by atoms with Crippen molar-refractivity contribution >= 4 is 17.5 Å². The standard InChI is InChI=1S/C18H18FN3O4/c1-21-11-13(17(24)22-5-7-26-8-6-22)10-15(18(21)25)20-16(23)12-3-2-4-14(19)9-12/h2-4,9-11H,5-8H2,1H3,(H,20,23). The molecule has 3 rings (SSSR count). The van der Waals surface area contributed by atoms with Crippen molar-refractivity contribution in [2.45, 2.75) is 0 Å². The van der Waals surface area contributed by atoms with Crippen LogP contribution in [-0.2, 0) is 11.8 Å². The fourth-order valence-electron chi connectivity index (χ4n) is 2.69. The van der Waals surface area contributed by atoms with Gasteiger partial charge >= 0.3 is 0 Å². The van der Waals surface area contributed by atoms with E-state index >= 15 is 0 Å². The average molecular weight is 359 g/mol. The summed E-state index contributed by atoms with van der Waals surface area (Å²) in [6, 6.07) is 6.48. The molecule has 1 fully saturated rings. The van der Waals surface area contributed by atoms with Crippen LogP contribution in [-0.4, -0.2) is 47.6 Å². The van der Waals surface area contributed by atoms with Crippen molar-refractivity contribution in [2.24, 2.45) is 7.05 Å². The minimum absolute atomic E-state index is 0.0409. The SMILES string of the molecule is Cn1cc(C(=O)N2CCOCC2)cc(NC(=O)c2cccc(F)c2)c1=O. The number of amides is 2. The fraction of sp³-hybridized carbons (Fsp3) is 0.278. The monoisotopic (exact) mass is 359 g/mol. The Hall–Kier alpha value is -3.00. The second-order valence-corrected chi connectivity index (χ2v) is 5.93. The highest BCUT2D eigenvalue weighted by Gasteiger charge is 2.21. The highest BCUT2D eigenvalue weighted by atomic mass is 19.1. The van der Waals surface area contributed by atoms with E-state index in [0.717, 1.165) is 6.07 Å². The summed E-state index contributed by atoms with van der Waals surface area (Å²) in [5, 5.41) is 2.46. The van der Waals surface area contributed by atoms with Crippen molar-refractivity contribution in [2.75, 3.05) is 31.6 Å². The van der Waals surface area contributed by atoms with Crippen molar-refractivity contribution < 1.29 is 18.7 Å². The molecule has 0 bridgehead atoms. The molecule has 0 aliphatic carbocycles. The molecule has 2 amide bonds. The summed E-state index contributed by atoms with van der Waals surface area (Å²) in [6.07, 6.45) is 1.43. The average Bonchev–Trinajstić information content (AvgIpc) is 2.65. The number of morpholine rings is 1. The molecule has 1 aromatic heterocycles. The number of hydrogen-bond donors (Lipinski definition) is 1. The zero-order valence-corrected chi connectivity index (χ0v) is 14.2. The van der Waals surface area contributed by atoms with Gasteiger partial charge in [0.25, 0.3) is 17.4 Å². The number of carbonyl (C=O) groups is 2. The summed E-state index contributed by atoms with van der Waals surface area (Å²) in [4.78, 5) is 38.8. The lowest BCUT2D eigenvalue weighted by molar-refractivity contribution is 0.0302. The molecule has 2 aromatic rings. The lowest BCUT2D eigenvalue weighted by atomic mass is 10.2. The minimum Gasteiger partial charge on any atom is -0.378 e. The number of anilines is 1. The number of halogens is 1. The highest BCUT2D eigenvalue weighted by Crippen LogP contribution is 2.12. The van der Waals surface area contributed by atoms with Crippen LogP contribution in [0.15, 0.2) is 41.3 Å². The van der Waals surface area contributed by atoms with E-state index in [2.05, 4.69) is 5.32 Å². The van der Waals surface area contributed by atoms with Gasteiger partial charge in [0, 0.05) is 31.9 Å². The third kappa shape index (κ3) is 3.80. The number of carbonyl (C=O) groups excluding carboxylic acids is 2. The van der Waals surface area contributed by atoms with E-state index in [1.807, 2.05) is 0 Å². The first-order valence-corrected chi connectivity index (χ1v) is 8.10. The zero-order chi connectivity index (χ0) is 18.7. The van der Waals surface area contributed by atoms with Gasteiger partial charge in [-0.05, 0) is 24.3 Å². The summed E-state index contributed by atoms with van der Waals surface area (Å²) in [6.45, 7) is 1.85. The first-order chi connectivity index (χ1) is 12.5. The van der Waals surface area contributed by atoms with Crippen molar-refractivity contribution in [3.05, 3.63) is 63.8 Å². The van der Waals surface area contributed by atoms with Gasteiger partial charge in [-0.15, -0.1) is 0 Å². The smallest absolute Gasteiger partial charge is 0.274 e. The molecule has 7 nitrogen and oxygen atoms in total. The third-order valence-electron chi connectivity index (χ3n) is 4.06. The van der Waals surface area contributed by atoms with E-state index in [1.165, 1.54) is 42.1 Å². The van der Waals surface area contributed by atoms with E-state index in [9.17, 15) is 18.8 Å². The second-order valence-electron chi connectivity index (χ2n) is 5.93. The maximum absolute atomic E-state index is 13.3. The molecule has 0 radical (unpaired) electrons. The first kappa shape index (κ1) is 17.8. The van der Waals surface area contributed by atoms with Crippen molar-refractivity contribution in [3.63, 3.8) is 0 Å². The normalized spacial score (nSPS) is 14.2. The Morgan fingerprint density at radius 1 is 1.15 bits per heavy atom. The molecule has 0 spiro atoms. The first-order valence-electron chi connectivity index (χ1n) is 8.10. The molecule has 0 atom stereocenters. The quantitative estimate of drug-likeness (QED) is 0.894. The molecule has 1 saturated heterocycles. The topological polar surface area (TPSA) is 80.6 Å². The Morgan fingerprint density at radius 3 is 2.58 bits per heavy atom. The number of pyridine rings is 1. The summed E-state index contributed by atoms with van der Waals surface area (Å²) < 4.78 is 19.7. The van der Waals surface area contributed by atoms with E-state index in [1.54, 1.807) is 4.90 Å². The van der Waals surface area contributed by atoms with Gasteiger partial charge in [-0.2, -0.15) is 0 Å². The molecule has 2 heterocycles. The van der Waals surface area contributed by atoms with E-state index < -0.39 is 17.3 Å². The van der Waals surface area contributed by atoms with Gasteiger partial charge in [0.1, 0.15) is 11.5 Å². The lowest BCUT2D eigenvalue weighted by Crippen LogP contribution is -2.41. The maximum Gasteiger partial charge on any atom is 0.274 e. The number of nitrogens with one attached hydrogen (secondary N) is 1. The second kappa shape index (κ2) is 7.49. The molecule has 26 heavy (non-hydrogen) atoms. The number of rotatable bonds is 3. The summed E-state index contributed by atoms with van der Waals surface area (Å²) >= 11 is 0. The summed E-state index contributed by atoms with van der Waals surface area (Å²) in [7, 11) is 1.50. The number of aryl methyl sites for hydroxylation is 1. The van der Waals surface area contributed by atoms with E-state index in [0.29, 0.717) is 26.3 Å². The molecule has 0 unspecified atom stereocenters. The van der Waals surface area contributed by atoms with E-state index in [-0.39, 0.29) is 22.7 Å². The minimum atomic E-state index is -0.627. The number of ether oxygens (including phenoxy) is 1. The highest BCUT2D eigenvalue weighted by molar-refractivity contribution is 6.05. The van der Waals surface area contributed by atoms with Crippen molar-refractivity contribution in [1.82, 2.24) is 9.47 Å². The molecule has 0 saturated carbocycles. The van der Waals surface area contributed by atoms with Crippen LogP contribution < -0.4 is 10.9 Å². The van der Waals surface area contributed by atoms with Crippen LogP contribution in [0.25, 0.3) is 0 Å². The van der Waals surface area contributed by atoms with Crippen LogP contribution in [0.4, 0.5) is 10.1 Å². The van der Waals surface area contributed by atoms with Gasteiger partial charge in [-0.1, -0.05) is 6.07 Å². The Bertz CT molecular complexity index is 904. The van der Waals surface area contributed by atoms with Crippen LogP contribution in [0.1, 0.15) is 20.7 Å². The number of hydrogen-bond acceptors (Lipinski definition) is 4. The number of aromatic nitrogens is 1. The Balaban J connectivity index is 1.87. The van der Waals surface area contributed by atoms with Gasteiger partial charge in [-0.3, -0.25) is 14.4 Å². The molecule has 1 aliphatic rings. The van der Waals surface area contributed by atoms with Crippen LogP contribution in [0.5, 0.6) is 0 Å². The van der Waals surface area contributed by atoms with Crippen LogP contribution in [0.2, 0.25) is 0 Å². The Kier molecular flexibility index (Phi) is 5.13. The molecule has 1 aromatic carbocycles. The molecule has 8 heteroatoms. The molecular weight excluding hydrogens is 341 g/mol. The molecule has 136 valence electrons. The number of nitrogens with zero attached hydrogens (tertiary/aromatic N) is 2. The number of benzene rings is 1. The van der Waals surface area contributed by atoms with Crippen LogP contribution in [0, 0.1) is 5.82 Å². The summed E-state index contributed by atoms with van der Waals surface area (Å²) in [5.41, 5.74) is -0.144. The molecular formula is C18H18FN3O4. The Morgan fingerprint density at radius 2 is 1.88 bits per heavy atom. The van der Waals surface area contributed by atoms with Crippen molar-refractivity contribution in [3.8, 4) is 0 Å². The summed E-state index contributed by atoms with van der Waals surface area (Å²) in [5.74, 6) is -1.43. The van der Waals surface area contributed by atoms with Gasteiger partial charge in [0.05, 0.1) is 18.8 Å². The zero-order valence-electron chi connectivity index (χ0n) is 14.2. The molecule has 1 aliphatic heterocycles. The predicted molar refractivity (Wildman–Crippen MR) is 92.8 cm³/mol. The van der Waals surface area contributed by atoms with Crippen molar-refractivity contribution in [1.29, 1.82) is 0 Å². The van der Waals surface area contributed by atoms with Crippen LogP contribution in [0.3, 0.4) is 0 Å². The van der Waals surface area contributed by atoms with Gasteiger partial charge in [-0.25, -0.2) is 4.39 Å². The predicted octanol–water partition coefficient (Wildman–Crippen LogP) is 1.25. The molecule has 1 N–H and O–H groups in total. The van der Waals surface area contributed by atoms with Crippen LogP contribution >= 0.6 is 0 Å². The third-order valence-corrected chi connectivity index (χ3v) is 4.06. The Labute approximate surface area is 149 Å².